The topological polar surface area (TPSA) is 54.5 Å². The van der Waals surface area contributed by atoms with Crippen LogP contribution in [0.15, 0.2) is 18.3 Å². The summed E-state index contributed by atoms with van der Waals surface area (Å²) in [6.07, 6.45) is 3.64. The van der Waals surface area contributed by atoms with Crippen molar-refractivity contribution in [2.75, 3.05) is 27.3 Å². The third-order valence-corrected chi connectivity index (χ3v) is 4.13. The van der Waals surface area contributed by atoms with Gasteiger partial charge in [0.25, 0.3) is 0 Å². The Hall–Kier alpha value is -1.46. The maximum Gasteiger partial charge on any atom is 0.242 e. The third kappa shape index (κ3) is 2.69. The molecule has 1 fully saturated rings. The van der Waals surface area contributed by atoms with Crippen LogP contribution in [0.3, 0.4) is 0 Å². The van der Waals surface area contributed by atoms with Crippen molar-refractivity contribution in [2.45, 2.75) is 31.8 Å². The Bertz CT molecular complexity index is 478. The number of amides is 1. The van der Waals surface area contributed by atoms with Crippen molar-refractivity contribution >= 4 is 5.91 Å². The maximum absolute atomic E-state index is 12.4. The van der Waals surface area contributed by atoms with E-state index in [0.717, 1.165) is 31.6 Å². The van der Waals surface area contributed by atoms with Gasteiger partial charge in [-0.3, -0.25) is 14.7 Å². The highest BCUT2D eigenvalue weighted by molar-refractivity contribution is 5.86. The number of aromatic nitrogens is 1. The second-order valence-corrected chi connectivity index (χ2v) is 5.32. The van der Waals surface area contributed by atoms with Gasteiger partial charge in [0.1, 0.15) is 5.54 Å². The van der Waals surface area contributed by atoms with Crippen molar-refractivity contribution in [1.29, 1.82) is 0 Å². The Balaban J connectivity index is 2.25. The fraction of sp³-hybridized carbons (Fsp3) is 0.600. The van der Waals surface area contributed by atoms with Crippen LogP contribution in [0.2, 0.25) is 0 Å². The molecule has 5 heteroatoms. The van der Waals surface area contributed by atoms with E-state index in [1.165, 1.54) is 5.56 Å². The minimum absolute atomic E-state index is 0.0402. The van der Waals surface area contributed by atoms with Crippen LogP contribution in [-0.2, 0) is 16.1 Å². The van der Waals surface area contributed by atoms with Crippen molar-refractivity contribution in [3.63, 3.8) is 0 Å². The normalized spacial score (nSPS) is 22.9. The summed E-state index contributed by atoms with van der Waals surface area (Å²) in [6.45, 7) is 4.07. The summed E-state index contributed by atoms with van der Waals surface area (Å²) in [5.74, 6) is 0.0402. The molecular formula is C15H23N3O2. The Labute approximate surface area is 120 Å². The smallest absolute Gasteiger partial charge is 0.242 e. The van der Waals surface area contributed by atoms with Crippen LogP contribution in [-0.4, -0.2) is 48.6 Å². The molecule has 1 saturated heterocycles. The number of hydrogen-bond donors (Lipinski definition) is 1. The van der Waals surface area contributed by atoms with E-state index in [1.807, 2.05) is 13.0 Å². The molecule has 1 unspecified atom stereocenters. The summed E-state index contributed by atoms with van der Waals surface area (Å²) in [6, 6.07) is 4.01. The number of rotatable bonds is 5. The lowest BCUT2D eigenvalue weighted by atomic mass is 9.95. The van der Waals surface area contributed by atoms with Gasteiger partial charge in [0.05, 0.1) is 6.61 Å². The van der Waals surface area contributed by atoms with E-state index >= 15 is 0 Å². The number of pyridine rings is 1. The van der Waals surface area contributed by atoms with E-state index in [-0.39, 0.29) is 5.91 Å². The second kappa shape index (κ2) is 6.33. The SMILES string of the molecule is CNC(=O)C1(COC)CCCN1Cc1cccnc1C. The standard InChI is InChI=1S/C15H23N3O2/c1-12-13(6-4-8-17-12)10-18-9-5-7-15(18,11-20-3)14(19)16-2/h4,6,8H,5,7,9-11H2,1-3H3,(H,16,19). The number of likely N-dealkylation sites (N-methyl/N-ethyl adjacent to an activating group) is 1. The first-order valence-electron chi connectivity index (χ1n) is 7.00. The molecule has 5 nitrogen and oxygen atoms in total. The molecule has 2 heterocycles. The van der Waals surface area contributed by atoms with E-state index in [9.17, 15) is 4.79 Å². The van der Waals surface area contributed by atoms with Gasteiger partial charge in [-0.1, -0.05) is 6.07 Å². The summed E-state index contributed by atoms with van der Waals surface area (Å²) in [4.78, 5) is 18.9. The fourth-order valence-corrected chi connectivity index (χ4v) is 3.01. The molecule has 1 aromatic heterocycles. The summed E-state index contributed by atoms with van der Waals surface area (Å²) < 4.78 is 5.33. The minimum Gasteiger partial charge on any atom is -0.382 e. The summed E-state index contributed by atoms with van der Waals surface area (Å²) in [7, 11) is 3.34. The monoisotopic (exact) mass is 277 g/mol. The predicted octanol–water partition coefficient (Wildman–Crippen LogP) is 1.12. The highest BCUT2D eigenvalue weighted by Gasteiger charge is 2.47. The molecule has 1 aromatic rings. The lowest BCUT2D eigenvalue weighted by Gasteiger charge is -2.36. The average molecular weight is 277 g/mol. The first-order valence-corrected chi connectivity index (χ1v) is 7.00. The van der Waals surface area contributed by atoms with Crippen LogP contribution in [0.25, 0.3) is 0 Å². The molecule has 0 bridgehead atoms. The number of ether oxygens (including phenoxy) is 1. The van der Waals surface area contributed by atoms with Gasteiger partial charge in [-0.2, -0.15) is 0 Å². The molecule has 0 spiro atoms. The number of carbonyl (C=O) groups is 1. The lowest BCUT2D eigenvalue weighted by Crippen LogP contribution is -2.57. The fourth-order valence-electron chi connectivity index (χ4n) is 3.01. The van der Waals surface area contributed by atoms with Crippen LogP contribution >= 0.6 is 0 Å². The van der Waals surface area contributed by atoms with Crippen molar-refractivity contribution in [1.82, 2.24) is 15.2 Å². The molecule has 2 rings (SSSR count). The molecule has 0 aromatic carbocycles. The predicted molar refractivity (Wildman–Crippen MR) is 77.3 cm³/mol. The maximum atomic E-state index is 12.4. The number of likely N-dealkylation sites (tertiary alicyclic amines) is 1. The Morgan fingerprint density at radius 3 is 3.05 bits per heavy atom. The van der Waals surface area contributed by atoms with Crippen molar-refractivity contribution < 1.29 is 9.53 Å². The number of methoxy groups -OCH3 is 1. The zero-order chi connectivity index (χ0) is 14.6. The minimum atomic E-state index is -0.550. The van der Waals surface area contributed by atoms with Gasteiger partial charge >= 0.3 is 0 Å². The van der Waals surface area contributed by atoms with Crippen LogP contribution in [0, 0.1) is 6.92 Å². The third-order valence-electron chi connectivity index (χ3n) is 4.13. The van der Waals surface area contributed by atoms with Gasteiger partial charge in [-0.05, 0) is 37.9 Å². The van der Waals surface area contributed by atoms with Gasteiger partial charge in [-0.15, -0.1) is 0 Å². The van der Waals surface area contributed by atoms with Crippen molar-refractivity contribution in [2.24, 2.45) is 0 Å². The highest BCUT2D eigenvalue weighted by Crippen LogP contribution is 2.32. The summed E-state index contributed by atoms with van der Waals surface area (Å²) >= 11 is 0. The molecule has 110 valence electrons. The molecule has 0 radical (unpaired) electrons. The molecule has 0 aliphatic carbocycles. The van der Waals surface area contributed by atoms with E-state index in [1.54, 1.807) is 20.4 Å². The summed E-state index contributed by atoms with van der Waals surface area (Å²) in [5, 5.41) is 2.79. The van der Waals surface area contributed by atoms with Crippen molar-refractivity contribution in [3.8, 4) is 0 Å². The number of hydrogen-bond acceptors (Lipinski definition) is 4. The first kappa shape index (κ1) is 14.9. The Morgan fingerprint density at radius 1 is 1.60 bits per heavy atom. The van der Waals surface area contributed by atoms with Crippen LogP contribution < -0.4 is 5.32 Å². The zero-order valence-corrected chi connectivity index (χ0v) is 12.5. The number of carbonyl (C=O) groups excluding carboxylic acids is 1. The van der Waals surface area contributed by atoms with Gasteiger partial charge in [0.2, 0.25) is 5.91 Å². The van der Waals surface area contributed by atoms with Crippen LogP contribution in [0.1, 0.15) is 24.1 Å². The summed E-state index contributed by atoms with van der Waals surface area (Å²) in [5.41, 5.74) is 1.63. The quantitative estimate of drug-likeness (QED) is 0.876. The molecule has 1 amide bonds. The molecule has 20 heavy (non-hydrogen) atoms. The van der Waals surface area contributed by atoms with Crippen molar-refractivity contribution in [3.05, 3.63) is 29.6 Å². The number of aryl methyl sites for hydroxylation is 1. The Kier molecular flexibility index (Phi) is 4.73. The number of nitrogens with one attached hydrogen (secondary N) is 1. The first-order chi connectivity index (χ1) is 9.64. The van der Waals surface area contributed by atoms with E-state index in [4.69, 9.17) is 4.74 Å². The molecule has 1 aliphatic rings. The van der Waals surface area contributed by atoms with Gasteiger partial charge in [0.15, 0.2) is 0 Å². The number of nitrogens with zero attached hydrogens (tertiary/aromatic N) is 2. The van der Waals surface area contributed by atoms with Crippen LogP contribution in [0.5, 0.6) is 0 Å². The van der Waals surface area contributed by atoms with Gasteiger partial charge < -0.3 is 10.1 Å². The largest absolute Gasteiger partial charge is 0.382 e. The highest BCUT2D eigenvalue weighted by atomic mass is 16.5. The Morgan fingerprint density at radius 2 is 2.40 bits per heavy atom. The van der Waals surface area contributed by atoms with E-state index < -0.39 is 5.54 Å². The lowest BCUT2D eigenvalue weighted by molar-refractivity contribution is -0.135. The molecule has 0 saturated carbocycles. The molecular weight excluding hydrogens is 254 g/mol. The average Bonchev–Trinajstić information content (AvgIpc) is 2.85. The molecule has 1 atom stereocenters. The molecule has 1 aliphatic heterocycles. The zero-order valence-electron chi connectivity index (χ0n) is 12.5. The van der Waals surface area contributed by atoms with Gasteiger partial charge in [0, 0.05) is 32.6 Å². The van der Waals surface area contributed by atoms with Crippen LogP contribution in [0.4, 0.5) is 0 Å². The van der Waals surface area contributed by atoms with E-state index in [0.29, 0.717) is 6.61 Å². The molecule has 1 N–H and O–H groups in total. The van der Waals surface area contributed by atoms with Gasteiger partial charge in [-0.25, -0.2) is 0 Å². The second-order valence-electron chi connectivity index (χ2n) is 5.32. The van der Waals surface area contributed by atoms with E-state index in [2.05, 4.69) is 21.3 Å².